The Balaban J connectivity index is 4.40. The van der Waals surface area contributed by atoms with Gasteiger partial charge in [0.05, 0.1) is 7.11 Å². The molecule has 0 aromatic carbocycles. The quantitative estimate of drug-likeness (QED) is 0.439. The highest BCUT2D eigenvalue weighted by Gasteiger charge is 2.40. The van der Waals surface area contributed by atoms with Crippen LogP contribution in [0.2, 0.25) is 0 Å². The normalized spacial score (nSPS) is 10.8. The zero-order valence-corrected chi connectivity index (χ0v) is 5.78. The molecule has 10 heavy (non-hydrogen) atoms. The van der Waals surface area contributed by atoms with Crippen LogP contribution >= 0.6 is 0 Å². The minimum Gasteiger partial charge on any atom is -0.464 e. The Kier molecular flexibility index (Phi) is 2.51. The van der Waals surface area contributed by atoms with E-state index >= 15 is 0 Å². The molecule has 0 amide bonds. The molecule has 4 heteroatoms. The van der Waals surface area contributed by atoms with Gasteiger partial charge in [-0.3, -0.25) is 0 Å². The van der Waals surface area contributed by atoms with Gasteiger partial charge in [-0.05, 0) is 12.5 Å². The Labute approximate surface area is 57.5 Å². The van der Waals surface area contributed by atoms with Crippen LogP contribution in [0.3, 0.4) is 0 Å². The molecule has 0 atom stereocenters. The van der Waals surface area contributed by atoms with E-state index in [0.29, 0.717) is 0 Å². The lowest BCUT2D eigenvalue weighted by atomic mass is 10.2. The molecule has 0 aromatic rings. The van der Waals surface area contributed by atoms with Crippen LogP contribution in [0.4, 0.5) is 8.78 Å². The fraction of sp³-hybridized carbons (Fsp3) is 0.500. The smallest absolute Gasteiger partial charge is 0.381 e. The van der Waals surface area contributed by atoms with E-state index in [4.69, 9.17) is 0 Å². The first-order valence-corrected chi connectivity index (χ1v) is 2.55. The number of alkyl halides is 2. The summed E-state index contributed by atoms with van der Waals surface area (Å²) in [5.74, 6) is -5.12. The Hall–Kier alpha value is -0.930. The molecule has 0 saturated carbocycles. The van der Waals surface area contributed by atoms with E-state index in [-0.39, 0.29) is 0 Å². The molecule has 0 N–H and O–H groups in total. The van der Waals surface area contributed by atoms with Crippen LogP contribution in [0.25, 0.3) is 0 Å². The molecule has 0 aliphatic heterocycles. The molecule has 0 fully saturated rings. The highest BCUT2D eigenvalue weighted by molar-refractivity contribution is 5.80. The van der Waals surface area contributed by atoms with Crippen molar-refractivity contribution in [3.63, 3.8) is 0 Å². The lowest BCUT2D eigenvalue weighted by molar-refractivity contribution is -0.163. The summed E-state index contributed by atoms with van der Waals surface area (Å²) in [4.78, 5) is 10.2. The number of ether oxygens (including phenoxy) is 1. The number of halogens is 2. The van der Waals surface area contributed by atoms with Crippen molar-refractivity contribution < 1.29 is 18.3 Å². The summed E-state index contributed by atoms with van der Waals surface area (Å²) in [5, 5.41) is 0. The van der Waals surface area contributed by atoms with Crippen molar-refractivity contribution in [3.8, 4) is 0 Å². The maximum atomic E-state index is 12.4. The van der Waals surface area contributed by atoms with Gasteiger partial charge < -0.3 is 4.74 Å². The van der Waals surface area contributed by atoms with Crippen molar-refractivity contribution in [3.05, 3.63) is 12.2 Å². The van der Waals surface area contributed by atoms with Gasteiger partial charge in [0.2, 0.25) is 0 Å². The molecule has 2 nitrogen and oxygen atoms in total. The summed E-state index contributed by atoms with van der Waals surface area (Å²) in [6.45, 7) is 4.01. The van der Waals surface area contributed by atoms with Gasteiger partial charge in [-0.15, -0.1) is 0 Å². The largest absolute Gasteiger partial charge is 0.464 e. The standard InChI is InChI=1S/C6H8F2O2/c1-4(2)6(7,8)5(9)10-3/h1H2,2-3H3. The molecule has 0 aliphatic rings. The Morgan fingerprint density at radius 2 is 2.00 bits per heavy atom. The second kappa shape index (κ2) is 2.77. The average molecular weight is 150 g/mol. The van der Waals surface area contributed by atoms with Gasteiger partial charge in [0.1, 0.15) is 0 Å². The van der Waals surface area contributed by atoms with Gasteiger partial charge in [0.15, 0.2) is 0 Å². The Morgan fingerprint density at radius 3 is 2.10 bits per heavy atom. The number of carbonyl (C=O) groups is 1. The lowest BCUT2D eigenvalue weighted by Gasteiger charge is -2.11. The number of rotatable bonds is 2. The number of hydrogen-bond donors (Lipinski definition) is 0. The molecule has 0 heterocycles. The third kappa shape index (κ3) is 1.52. The molecule has 0 bridgehead atoms. The van der Waals surface area contributed by atoms with Crippen molar-refractivity contribution in [1.29, 1.82) is 0 Å². The van der Waals surface area contributed by atoms with Gasteiger partial charge in [0.25, 0.3) is 0 Å². The molecule has 0 rings (SSSR count). The monoisotopic (exact) mass is 150 g/mol. The van der Waals surface area contributed by atoms with Crippen LogP contribution in [0.1, 0.15) is 6.92 Å². The number of carbonyl (C=O) groups excluding carboxylic acids is 1. The topological polar surface area (TPSA) is 26.3 Å². The minimum atomic E-state index is -3.55. The van der Waals surface area contributed by atoms with E-state index in [1.54, 1.807) is 0 Å². The number of hydrogen-bond acceptors (Lipinski definition) is 2. The second-order valence-corrected chi connectivity index (χ2v) is 1.85. The van der Waals surface area contributed by atoms with Crippen LogP contribution in [0.5, 0.6) is 0 Å². The van der Waals surface area contributed by atoms with Gasteiger partial charge in [-0.2, -0.15) is 8.78 Å². The van der Waals surface area contributed by atoms with Gasteiger partial charge in [-0.1, -0.05) is 6.58 Å². The van der Waals surface area contributed by atoms with E-state index in [1.807, 2.05) is 0 Å². The van der Waals surface area contributed by atoms with Crippen molar-refractivity contribution >= 4 is 5.97 Å². The summed E-state index contributed by atoms with van der Waals surface area (Å²) >= 11 is 0. The van der Waals surface area contributed by atoms with Gasteiger partial charge >= 0.3 is 11.9 Å². The summed E-state index contributed by atoms with van der Waals surface area (Å²) in [7, 11) is 0.902. The van der Waals surface area contributed by atoms with Crippen molar-refractivity contribution in [2.45, 2.75) is 12.8 Å². The zero-order valence-electron chi connectivity index (χ0n) is 5.78. The summed E-state index contributed by atoms with van der Waals surface area (Å²) < 4.78 is 28.6. The van der Waals surface area contributed by atoms with E-state index < -0.39 is 17.5 Å². The molecular weight excluding hydrogens is 142 g/mol. The number of esters is 1. The predicted octanol–water partition coefficient (Wildman–Crippen LogP) is 1.37. The molecule has 0 aliphatic carbocycles. The first kappa shape index (κ1) is 9.07. The fourth-order valence-corrected chi connectivity index (χ4v) is 0.302. The zero-order chi connectivity index (χ0) is 8.36. The van der Waals surface area contributed by atoms with Crippen LogP contribution in [0.15, 0.2) is 12.2 Å². The average Bonchev–Trinajstić information content (AvgIpc) is 1.86. The molecule has 0 aromatic heterocycles. The Morgan fingerprint density at radius 1 is 1.60 bits per heavy atom. The van der Waals surface area contributed by atoms with E-state index in [0.717, 1.165) is 14.0 Å². The van der Waals surface area contributed by atoms with Crippen LogP contribution in [-0.2, 0) is 9.53 Å². The minimum absolute atomic E-state index is 0.514. The van der Waals surface area contributed by atoms with Gasteiger partial charge in [0, 0.05) is 0 Å². The van der Waals surface area contributed by atoms with Crippen molar-refractivity contribution in [1.82, 2.24) is 0 Å². The molecule has 58 valence electrons. The molecule has 0 unspecified atom stereocenters. The second-order valence-electron chi connectivity index (χ2n) is 1.85. The first-order valence-electron chi connectivity index (χ1n) is 2.55. The van der Waals surface area contributed by atoms with Crippen molar-refractivity contribution in [2.75, 3.05) is 7.11 Å². The van der Waals surface area contributed by atoms with Crippen LogP contribution < -0.4 is 0 Å². The maximum absolute atomic E-state index is 12.4. The molecule has 0 spiro atoms. The number of methoxy groups -OCH3 is 1. The third-order valence-electron chi connectivity index (χ3n) is 0.978. The third-order valence-corrected chi connectivity index (χ3v) is 0.978. The van der Waals surface area contributed by atoms with E-state index in [1.165, 1.54) is 0 Å². The molecule has 0 saturated heterocycles. The van der Waals surface area contributed by atoms with Crippen molar-refractivity contribution in [2.24, 2.45) is 0 Å². The van der Waals surface area contributed by atoms with Gasteiger partial charge in [-0.25, -0.2) is 4.79 Å². The summed E-state index contributed by atoms with van der Waals surface area (Å²) in [5.41, 5.74) is -0.514. The summed E-state index contributed by atoms with van der Waals surface area (Å²) in [6.07, 6.45) is 0. The first-order chi connectivity index (χ1) is 4.42. The lowest BCUT2D eigenvalue weighted by Crippen LogP contribution is -2.30. The highest BCUT2D eigenvalue weighted by atomic mass is 19.3. The Bertz CT molecular complexity index is 163. The maximum Gasteiger partial charge on any atom is 0.381 e. The molecule has 0 radical (unpaired) electrons. The fourth-order valence-electron chi connectivity index (χ4n) is 0.302. The SMILES string of the molecule is C=C(C)C(F)(F)C(=O)OC. The summed E-state index contributed by atoms with van der Waals surface area (Å²) in [6, 6.07) is 0. The van der Waals surface area contributed by atoms with E-state index in [2.05, 4.69) is 11.3 Å². The predicted molar refractivity (Wildman–Crippen MR) is 31.8 cm³/mol. The molecular formula is C6H8F2O2. The highest BCUT2D eigenvalue weighted by Crippen LogP contribution is 2.23. The van der Waals surface area contributed by atoms with Crippen LogP contribution in [-0.4, -0.2) is 19.0 Å². The van der Waals surface area contributed by atoms with E-state index in [9.17, 15) is 13.6 Å². The van der Waals surface area contributed by atoms with Crippen LogP contribution in [0, 0.1) is 0 Å².